The van der Waals surface area contributed by atoms with E-state index in [9.17, 15) is 13.2 Å². The summed E-state index contributed by atoms with van der Waals surface area (Å²) in [4.78, 5) is 13.5. The molecular weight excluding hydrogens is 506 g/mol. The van der Waals surface area contributed by atoms with E-state index >= 15 is 0 Å². The summed E-state index contributed by atoms with van der Waals surface area (Å²) >= 11 is 0. The van der Waals surface area contributed by atoms with Crippen LogP contribution in [0.25, 0.3) is 11.1 Å². The van der Waals surface area contributed by atoms with Crippen molar-refractivity contribution in [3.8, 4) is 11.1 Å². The zero-order valence-electron chi connectivity index (χ0n) is 21.7. The SMILES string of the molecule is COC(=O)[C@@H](NC1(c2ccccc2)c2ccccc2-c2ccccc21)[C@H]1OC(C)(C)O[C@@H]1COS(C)(=O)=O. The van der Waals surface area contributed by atoms with Crippen LogP contribution in [0, 0.1) is 0 Å². The predicted molar refractivity (Wildman–Crippen MR) is 142 cm³/mol. The Balaban J connectivity index is 1.67. The minimum atomic E-state index is -3.75. The molecule has 1 heterocycles. The van der Waals surface area contributed by atoms with E-state index in [-0.39, 0.29) is 6.61 Å². The maximum atomic E-state index is 13.5. The first-order valence-corrected chi connectivity index (χ1v) is 14.2. The summed E-state index contributed by atoms with van der Waals surface area (Å²) in [6.45, 7) is 3.11. The van der Waals surface area contributed by atoms with Gasteiger partial charge in [-0.15, -0.1) is 0 Å². The Hall–Kier alpha value is -3.08. The van der Waals surface area contributed by atoms with Gasteiger partial charge in [0.05, 0.1) is 25.5 Å². The first-order chi connectivity index (χ1) is 18.1. The minimum Gasteiger partial charge on any atom is -0.468 e. The molecule has 1 fully saturated rings. The van der Waals surface area contributed by atoms with E-state index in [4.69, 9.17) is 18.4 Å². The Morgan fingerprint density at radius 2 is 1.47 bits per heavy atom. The molecule has 0 amide bonds. The van der Waals surface area contributed by atoms with Crippen LogP contribution in [0.1, 0.15) is 30.5 Å². The van der Waals surface area contributed by atoms with Gasteiger partial charge < -0.3 is 14.2 Å². The van der Waals surface area contributed by atoms with Crippen LogP contribution in [0.3, 0.4) is 0 Å². The molecule has 1 aliphatic heterocycles. The summed E-state index contributed by atoms with van der Waals surface area (Å²) in [6.07, 6.45) is -0.814. The highest BCUT2D eigenvalue weighted by Gasteiger charge is 2.53. The van der Waals surface area contributed by atoms with Crippen molar-refractivity contribution < 1.29 is 31.6 Å². The first-order valence-electron chi connectivity index (χ1n) is 12.4. The summed E-state index contributed by atoms with van der Waals surface area (Å²) in [7, 11) is -2.44. The third kappa shape index (κ3) is 4.76. The summed E-state index contributed by atoms with van der Waals surface area (Å²) in [6, 6.07) is 25.0. The average molecular weight is 538 g/mol. The van der Waals surface area contributed by atoms with E-state index in [0.29, 0.717) is 0 Å². The molecule has 3 aromatic carbocycles. The zero-order valence-corrected chi connectivity index (χ0v) is 22.5. The van der Waals surface area contributed by atoms with Gasteiger partial charge in [-0.25, -0.2) is 0 Å². The molecule has 9 heteroatoms. The third-order valence-corrected chi connectivity index (χ3v) is 7.55. The van der Waals surface area contributed by atoms with E-state index in [0.717, 1.165) is 34.1 Å². The monoisotopic (exact) mass is 537 g/mol. The Morgan fingerprint density at radius 1 is 0.921 bits per heavy atom. The molecule has 1 N–H and O–H groups in total. The number of carbonyl (C=O) groups is 1. The quantitative estimate of drug-likeness (QED) is 0.344. The van der Waals surface area contributed by atoms with Crippen LogP contribution in [0.5, 0.6) is 0 Å². The Bertz CT molecular complexity index is 1390. The molecule has 0 radical (unpaired) electrons. The molecule has 5 rings (SSSR count). The summed E-state index contributed by atoms with van der Waals surface area (Å²) in [5.74, 6) is -1.66. The highest BCUT2D eigenvalue weighted by Crippen LogP contribution is 2.51. The molecule has 0 bridgehead atoms. The molecule has 0 aromatic heterocycles. The van der Waals surface area contributed by atoms with Crippen molar-refractivity contribution in [3.05, 3.63) is 95.6 Å². The fourth-order valence-electron chi connectivity index (χ4n) is 5.57. The van der Waals surface area contributed by atoms with Gasteiger partial charge >= 0.3 is 5.97 Å². The Kier molecular flexibility index (Phi) is 6.91. The van der Waals surface area contributed by atoms with Crippen LogP contribution < -0.4 is 5.32 Å². The van der Waals surface area contributed by atoms with Gasteiger partial charge in [-0.3, -0.25) is 14.3 Å². The van der Waals surface area contributed by atoms with Gasteiger partial charge in [0.15, 0.2) is 5.79 Å². The number of fused-ring (bicyclic) bond motifs is 3. The van der Waals surface area contributed by atoms with Crippen molar-refractivity contribution in [2.45, 2.75) is 43.4 Å². The standard InChI is InChI=1S/C29H31NO7S/c1-28(2)36-24(18-35-38(4,32)33)26(37-28)25(27(31)34-3)30-29(19-12-6-5-7-13-19)22-16-10-8-14-20(22)21-15-9-11-17-23(21)29/h5-17,24-26,30H,18H2,1-4H3/t24-,25+,26+/m1/s1. The van der Waals surface area contributed by atoms with Gasteiger partial charge in [-0.1, -0.05) is 78.9 Å². The zero-order chi connectivity index (χ0) is 27.1. The fourth-order valence-corrected chi connectivity index (χ4v) is 5.95. The van der Waals surface area contributed by atoms with Crippen molar-refractivity contribution >= 4 is 16.1 Å². The van der Waals surface area contributed by atoms with Crippen molar-refractivity contribution in [3.63, 3.8) is 0 Å². The topological polar surface area (TPSA) is 100 Å². The highest BCUT2D eigenvalue weighted by molar-refractivity contribution is 7.85. The molecule has 8 nitrogen and oxygen atoms in total. The smallest absolute Gasteiger partial charge is 0.325 e. The number of methoxy groups -OCH3 is 1. The van der Waals surface area contributed by atoms with Crippen molar-refractivity contribution in [1.29, 1.82) is 0 Å². The second-order valence-corrected chi connectivity index (χ2v) is 11.6. The lowest BCUT2D eigenvalue weighted by molar-refractivity contribution is -0.159. The molecule has 2 aliphatic rings. The average Bonchev–Trinajstić information content (AvgIpc) is 3.37. The molecule has 0 saturated carbocycles. The molecule has 0 unspecified atom stereocenters. The van der Waals surface area contributed by atoms with Gasteiger partial charge in [-0.2, -0.15) is 8.42 Å². The summed E-state index contributed by atoms with van der Waals surface area (Å²) in [5.41, 5.74) is 4.03. The number of nitrogens with one attached hydrogen (secondary N) is 1. The van der Waals surface area contributed by atoms with E-state index in [1.165, 1.54) is 7.11 Å². The van der Waals surface area contributed by atoms with Gasteiger partial charge in [0.25, 0.3) is 10.1 Å². The highest BCUT2D eigenvalue weighted by atomic mass is 32.2. The predicted octanol–water partition coefficient (Wildman–Crippen LogP) is 3.59. The fraction of sp³-hybridized carbons (Fsp3) is 0.345. The summed E-state index contributed by atoms with van der Waals surface area (Å²) in [5, 5.41) is 3.63. The van der Waals surface area contributed by atoms with Gasteiger partial charge in [0.2, 0.25) is 0 Å². The second-order valence-electron chi connectivity index (χ2n) is 9.98. The largest absolute Gasteiger partial charge is 0.468 e. The third-order valence-electron chi connectivity index (χ3n) is 6.98. The van der Waals surface area contributed by atoms with Crippen molar-refractivity contribution in [2.75, 3.05) is 20.0 Å². The van der Waals surface area contributed by atoms with Gasteiger partial charge in [0.1, 0.15) is 18.2 Å². The van der Waals surface area contributed by atoms with E-state index in [1.54, 1.807) is 13.8 Å². The van der Waals surface area contributed by atoms with Gasteiger partial charge in [-0.05, 0) is 41.7 Å². The number of hydrogen-bond acceptors (Lipinski definition) is 8. The molecule has 3 aromatic rings. The number of hydrogen-bond donors (Lipinski definition) is 1. The molecule has 1 aliphatic carbocycles. The summed E-state index contributed by atoms with van der Waals surface area (Å²) < 4.78 is 46.1. The van der Waals surface area contributed by atoms with Crippen LogP contribution in [0.4, 0.5) is 0 Å². The number of ether oxygens (including phenoxy) is 3. The lowest BCUT2D eigenvalue weighted by Crippen LogP contribution is -2.59. The second kappa shape index (κ2) is 9.91. The van der Waals surface area contributed by atoms with Crippen LogP contribution >= 0.6 is 0 Å². The number of benzene rings is 3. The molecule has 200 valence electrons. The Morgan fingerprint density at radius 3 is 2.03 bits per heavy atom. The molecule has 3 atom stereocenters. The van der Waals surface area contributed by atoms with Crippen molar-refractivity contribution in [1.82, 2.24) is 5.32 Å². The van der Waals surface area contributed by atoms with E-state index < -0.39 is 45.7 Å². The van der Waals surface area contributed by atoms with Crippen LogP contribution in [0.15, 0.2) is 78.9 Å². The lowest BCUT2D eigenvalue weighted by atomic mass is 9.79. The normalized spacial score (nSPS) is 21.9. The maximum absolute atomic E-state index is 13.5. The lowest BCUT2D eigenvalue weighted by Gasteiger charge is -2.39. The molecule has 1 saturated heterocycles. The molecule has 0 spiro atoms. The molecule has 38 heavy (non-hydrogen) atoms. The van der Waals surface area contributed by atoms with Crippen LogP contribution in [-0.2, 0) is 38.8 Å². The van der Waals surface area contributed by atoms with E-state index in [1.807, 2.05) is 66.7 Å². The molecular formula is C29H31NO7S. The van der Waals surface area contributed by atoms with Gasteiger partial charge in [0, 0.05) is 0 Å². The van der Waals surface area contributed by atoms with Crippen LogP contribution in [0.2, 0.25) is 0 Å². The number of rotatable bonds is 8. The maximum Gasteiger partial charge on any atom is 0.325 e. The van der Waals surface area contributed by atoms with Crippen molar-refractivity contribution in [2.24, 2.45) is 0 Å². The van der Waals surface area contributed by atoms with E-state index in [2.05, 4.69) is 17.4 Å². The Labute approximate surface area is 223 Å². The number of carbonyl (C=O) groups excluding carboxylic acids is 1. The minimum absolute atomic E-state index is 0.312. The van der Waals surface area contributed by atoms with Crippen LogP contribution in [-0.4, -0.2) is 58.4 Å². The first kappa shape index (κ1) is 26.5. The number of esters is 1.